The Morgan fingerprint density at radius 3 is 1.90 bits per heavy atom. The van der Waals surface area contributed by atoms with E-state index in [1.807, 2.05) is 12.1 Å². The first kappa shape index (κ1) is 12.5. The van der Waals surface area contributed by atoms with Gasteiger partial charge in [0.25, 0.3) is 0 Å². The van der Waals surface area contributed by atoms with E-state index in [1.165, 1.54) is 24.3 Å². The molecule has 0 amide bonds. The van der Waals surface area contributed by atoms with Crippen molar-refractivity contribution in [2.75, 3.05) is 0 Å². The Balaban J connectivity index is 1.96. The Labute approximate surface area is 115 Å². The molecule has 1 heterocycles. The molecule has 0 radical (unpaired) electrons. The van der Waals surface area contributed by atoms with Crippen molar-refractivity contribution < 1.29 is 8.78 Å². The lowest BCUT2D eigenvalue weighted by molar-refractivity contribution is 0.628. The highest BCUT2D eigenvalue weighted by molar-refractivity contribution is 5.66. The molecule has 0 fully saturated rings. The highest BCUT2D eigenvalue weighted by Crippen LogP contribution is 2.23. The number of benzene rings is 2. The van der Waals surface area contributed by atoms with Crippen LogP contribution in [0, 0.1) is 11.6 Å². The second-order valence-corrected chi connectivity index (χ2v) is 4.45. The number of pyridine rings is 1. The van der Waals surface area contributed by atoms with E-state index in [0.717, 1.165) is 16.7 Å². The summed E-state index contributed by atoms with van der Waals surface area (Å²) < 4.78 is 26.4. The van der Waals surface area contributed by atoms with Crippen molar-refractivity contribution in [3.05, 3.63) is 78.5 Å². The minimum absolute atomic E-state index is 0.281. The lowest BCUT2D eigenvalue weighted by Gasteiger charge is -2.04. The summed E-state index contributed by atoms with van der Waals surface area (Å²) in [5.74, 6) is -0.574. The van der Waals surface area contributed by atoms with Gasteiger partial charge < -0.3 is 0 Å². The number of nitrogens with zero attached hydrogens (tertiary/aromatic N) is 1. The summed E-state index contributed by atoms with van der Waals surface area (Å²) in [5, 5.41) is 0. The Morgan fingerprint density at radius 1 is 0.650 bits per heavy atom. The normalized spacial score (nSPS) is 10.5. The van der Waals surface area contributed by atoms with E-state index in [-0.39, 0.29) is 11.6 Å². The van der Waals surface area contributed by atoms with Crippen molar-refractivity contribution in [1.29, 1.82) is 0 Å². The van der Waals surface area contributed by atoms with Crippen LogP contribution in [0.5, 0.6) is 0 Å². The van der Waals surface area contributed by atoms with Crippen molar-refractivity contribution >= 4 is 0 Å². The zero-order valence-electron chi connectivity index (χ0n) is 10.6. The van der Waals surface area contributed by atoms with Crippen molar-refractivity contribution in [3.8, 4) is 22.4 Å². The minimum atomic E-state index is -0.293. The van der Waals surface area contributed by atoms with Crippen LogP contribution in [-0.4, -0.2) is 4.98 Å². The Morgan fingerprint density at radius 2 is 1.30 bits per heavy atom. The third-order valence-electron chi connectivity index (χ3n) is 3.04. The van der Waals surface area contributed by atoms with Gasteiger partial charge in [0.2, 0.25) is 0 Å². The summed E-state index contributed by atoms with van der Waals surface area (Å²) in [4.78, 5) is 4.31. The van der Waals surface area contributed by atoms with Gasteiger partial charge in [0.05, 0.1) is 5.69 Å². The van der Waals surface area contributed by atoms with Crippen molar-refractivity contribution in [2.45, 2.75) is 0 Å². The molecule has 3 aromatic rings. The maximum atomic E-state index is 13.2. The summed E-state index contributed by atoms with van der Waals surface area (Å²) in [7, 11) is 0. The quantitative estimate of drug-likeness (QED) is 0.656. The summed E-state index contributed by atoms with van der Waals surface area (Å²) >= 11 is 0. The highest BCUT2D eigenvalue weighted by atomic mass is 19.1. The van der Waals surface area contributed by atoms with Crippen LogP contribution in [0.15, 0.2) is 66.9 Å². The topological polar surface area (TPSA) is 12.9 Å². The van der Waals surface area contributed by atoms with E-state index in [1.54, 1.807) is 30.5 Å². The van der Waals surface area contributed by atoms with Crippen LogP contribution in [0.4, 0.5) is 8.78 Å². The summed E-state index contributed by atoms with van der Waals surface area (Å²) in [5.41, 5.74) is 2.99. The zero-order valence-corrected chi connectivity index (χ0v) is 10.6. The molecule has 0 unspecified atom stereocenters. The minimum Gasteiger partial charge on any atom is -0.256 e. The van der Waals surface area contributed by atoms with Crippen LogP contribution >= 0.6 is 0 Å². The number of halogens is 2. The van der Waals surface area contributed by atoms with E-state index in [4.69, 9.17) is 0 Å². The number of hydrogen-bond donors (Lipinski definition) is 0. The molecule has 2 aromatic carbocycles. The van der Waals surface area contributed by atoms with Gasteiger partial charge in [-0.3, -0.25) is 4.98 Å². The van der Waals surface area contributed by atoms with E-state index in [0.29, 0.717) is 5.69 Å². The van der Waals surface area contributed by atoms with E-state index in [2.05, 4.69) is 4.98 Å². The molecule has 3 heteroatoms. The molecule has 98 valence electrons. The Kier molecular flexibility index (Phi) is 3.25. The van der Waals surface area contributed by atoms with Gasteiger partial charge in [0.1, 0.15) is 11.6 Å². The predicted molar refractivity (Wildman–Crippen MR) is 75.0 cm³/mol. The molecule has 1 nitrogen and oxygen atoms in total. The monoisotopic (exact) mass is 267 g/mol. The first-order valence-electron chi connectivity index (χ1n) is 6.20. The third kappa shape index (κ3) is 2.57. The molecule has 20 heavy (non-hydrogen) atoms. The van der Waals surface area contributed by atoms with Crippen LogP contribution in [0.3, 0.4) is 0 Å². The Bertz CT molecular complexity index is 671. The van der Waals surface area contributed by atoms with Gasteiger partial charge in [-0.1, -0.05) is 30.3 Å². The van der Waals surface area contributed by atoms with Crippen LogP contribution in [0.1, 0.15) is 0 Å². The second-order valence-electron chi connectivity index (χ2n) is 4.45. The van der Waals surface area contributed by atoms with Crippen LogP contribution < -0.4 is 0 Å². The lowest BCUT2D eigenvalue weighted by Crippen LogP contribution is -1.86. The first-order valence-corrected chi connectivity index (χ1v) is 6.20. The van der Waals surface area contributed by atoms with Crippen molar-refractivity contribution in [2.24, 2.45) is 0 Å². The van der Waals surface area contributed by atoms with Crippen LogP contribution in [-0.2, 0) is 0 Å². The zero-order chi connectivity index (χ0) is 13.9. The molecule has 1 aromatic heterocycles. The standard InChI is InChI=1S/C17H11F2N/c18-15-5-1-3-12(9-15)14-7-8-17(20-11-14)13-4-2-6-16(19)10-13/h1-11H. The van der Waals surface area contributed by atoms with Gasteiger partial charge in [-0.15, -0.1) is 0 Å². The first-order chi connectivity index (χ1) is 9.72. The fraction of sp³-hybridized carbons (Fsp3) is 0. The molecule has 0 atom stereocenters. The maximum absolute atomic E-state index is 13.2. The molecule has 0 aliphatic carbocycles. The van der Waals surface area contributed by atoms with Crippen molar-refractivity contribution in [1.82, 2.24) is 4.98 Å². The van der Waals surface area contributed by atoms with Gasteiger partial charge >= 0.3 is 0 Å². The van der Waals surface area contributed by atoms with Gasteiger partial charge in [-0.25, -0.2) is 8.78 Å². The molecule has 3 rings (SSSR count). The molecular weight excluding hydrogens is 256 g/mol. The highest BCUT2D eigenvalue weighted by Gasteiger charge is 2.03. The van der Waals surface area contributed by atoms with E-state index in [9.17, 15) is 8.78 Å². The summed E-state index contributed by atoms with van der Waals surface area (Å²) in [6.45, 7) is 0. The maximum Gasteiger partial charge on any atom is 0.123 e. The average Bonchev–Trinajstić information content (AvgIpc) is 2.47. The van der Waals surface area contributed by atoms with Gasteiger partial charge in [-0.2, -0.15) is 0 Å². The SMILES string of the molecule is Fc1cccc(-c2ccc(-c3cccc(F)c3)nc2)c1. The molecule has 0 saturated carbocycles. The van der Waals surface area contributed by atoms with Gasteiger partial charge in [0, 0.05) is 17.3 Å². The van der Waals surface area contributed by atoms with E-state index < -0.39 is 0 Å². The number of rotatable bonds is 2. The molecule has 0 spiro atoms. The van der Waals surface area contributed by atoms with Crippen LogP contribution in [0.2, 0.25) is 0 Å². The van der Waals surface area contributed by atoms with E-state index >= 15 is 0 Å². The Hall–Kier alpha value is -2.55. The van der Waals surface area contributed by atoms with Crippen molar-refractivity contribution in [3.63, 3.8) is 0 Å². The molecular formula is C17H11F2N. The summed E-state index contributed by atoms with van der Waals surface area (Å²) in [6, 6.07) is 16.3. The van der Waals surface area contributed by atoms with Crippen LogP contribution in [0.25, 0.3) is 22.4 Å². The molecule has 0 aliphatic heterocycles. The molecule has 0 bridgehead atoms. The average molecular weight is 267 g/mol. The second kappa shape index (κ2) is 5.21. The largest absolute Gasteiger partial charge is 0.256 e. The fourth-order valence-electron chi connectivity index (χ4n) is 2.05. The smallest absolute Gasteiger partial charge is 0.123 e. The number of hydrogen-bond acceptors (Lipinski definition) is 1. The lowest BCUT2D eigenvalue weighted by atomic mass is 10.1. The molecule has 0 aliphatic rings. The molecule has 0 saturated heterocycles. The fourth-order valence-corrected chi connectivity index (χ4v) is 2.05. The van der Waals surface area contributed by atoms with Gasteiger partial charge in [-0.05, 0) is 35.9 Å². The number of aromatic nitrogens is 1. The summed E-state index contributed by atoms with van der Waals surface area (Å²) in [6.07, 6.45) is 1.66. The predicted octanol–water partition coefficient (Wildman–Crippen LogP) is 4.69. The molecule has 0 N–H and O–H groups in total. The van der Waals surface area contributed by atoms with Gasteiger partial charge in [0.15, 0.2) is 0 Å². The third-order valence-corrected chi connectivity index (χ3v) is 3.04.